The number of nitrogens with two attached hydrogens (primary N) is 2. The lowest BCUT2D eigenvalue weighted by atomic mass is 10.2. The molecule has 0 rings (SSSR count). The van der Waals surface area contributed by atoms with Gasteiger partial charge in [0.15, 0.2) is 0 Å². The summed E-state index contributed by atoms with van der Waals surface area (Å²) in [6, 6.07) is 0. The van der Waals surface area contributed by atoms with Crippen molar-refractivity contribution in [3.05, 3.63) is 0 Å². The zero-order valence-corrected chi connectivity index (χ0v) is 42.6. The van der Waals surface area contributed by atoms with E-state index < -0.39 is 0 Å². The molecule has 0 saturated heterocycles. The highest BCUT2D eigenvalue weighted by Gasteiger charge is 2.16. The molecule has 0 spiro atoms. The molecule has 9 N–H and O–H groups in total. The molecule has 17 heteroatoms. The first-order chi connectivity index (χ1) is 30.0. The standard InChI is InChI=1S/C38H82N10O4S2.C7H17N.2CH4/c1-40-19-13-26-45(3)24-11-12-25-46(4)27-15-22-43-37(50)33-53-54-34-38(51)44-23-16-28-47(5)30-17-35(31-48(6)29-14-20-41-2)52-32-36(49)42-21-10-8-7-9-18-39;1-2-3-4-5-6-7-8;;/h35,40-41H,7-34,39H2,1-6H3,(H,42,49)(H,43,50)(H,44,51);2-8H2,1H3;2*1H4. The first-order valence-electron chi connectivity index (χ1n) is 24.1. The van der Waals surface area contributed by atoms with Gasteiger partial charge in [0.05, 0.1) is 17.6 Å². The van der Waals surface area contributed by atoms with E-state index >= 15 is 0 Å². The van der Waals surface area contributed by atoms with Crippen molar-refractivity contribution in [3.63, 3.8) is 0 Å². The third-order valence-corrected chi connectivity index (χ3v) is 12.5. The van der Waals surface area contributed by atoms with E-state index in [-0.39, 0.29) is 45.3 Å². The number of hydrogen-bond acceptors (Lipinski definition) is 14. The number of unbranched alkanes of at least 4 members (excludes halogenated alkanes) is 8. The van der Waals surface area contributed by atoms with E-state index in [1.807, 2.05) is 14.1 Å². The Morgan fingerprint density at radius 3 is 1.36 bits per heavy atom. The molecule has 0 aromatic rings. The third-order valence-electron chi connectivity index (χ3n) is 10.4. The van der Waals surface area contributed by atoms with Crippen molar-refractivity contribution in [2.45, 2.75) is 131 Å². The summed E-state index contributed by atoms with van der Waals surface area (Å²) in [5, 5.41) is 15.4. The van der Waals surface area contributed by atoms with Gasteiger partial charge in [-0.15, -0.1) is 0 Å². The SMILES string of the molecule is C.C.CCCCCCCN.CNCCCN(C)CCCCN(C)CCCNC(=O)CSSCC(=O)NCCCN(C)CCC(CN(C)CCCNC)OCC(=O)NCCCCCCN. The molecule has 0 fully saturated rings. The Balaban J connectivity index is -0.00000163. The van der Waals surface area contributed by atoms with Gasteiger partial charge in [-0.25, -0.2) is 0 Å². The van der Waals surface area contributed by atoms with E-state index in [2.05, 4.69) is 81.3 Å². The van der Waals surface area contributed by atoms with Crippen molar-refractivity contribution < 1.29 is 19.1 Å². The zero-order chi connectivity index (χ0) is 46.3. The van der Waals surface area contributed by atoms with Gasteiger partial charge in [-0.3, -0.25) is 14.4 Å². The van der Waals surface area contributed by atoms with Gasteiger partial charge in [0.1, 0.15) is 6.61 Å². The second-order valence-corrected chi connectivity index (χ2v) is 19.2. The number of amides is 3. The lowest BCUT2D eigenvalue weighted by Gasteiger charge is -2.26. The molecule has 15 nitrogen and oxygen atoms in total. The topological polar surface area (TPSA) is 186 Å². The summed E-state index contributed by atoms with van der Waals surface area (Å²) in [6.07, 6.45) is 17.9. The number of likely N-dealkylation sites (N-methyl/N-ethyl adjacent to an activating group) is 1. The number of hydrogen-bond donors (Lipinski definition) is 7. The fourth-order valence-corrected chi connectivity index (χ4v) is 8.20. The maximum Gasteiger partial charge on any atom is 0.246 e. The highest BCUT2D eigenvalue weighted by atomic mass is 33.1. The summed E-state index contributed by atoms with van der Waals surface area (Å²) in [5.74, 6) is 0.611. The molecule has 0 aliphatic carbocycles. The van der Waals surface area contributed by atoms with Crippen LogP contribution < -0.4 is 38.1 Å². The van der Waals surface area contributed by atoms with Crippen molar-refractivity contribution in [1.82, 2.24) is 46.2 Å². The molecule has 0 radical (unpaired) electrons. The molecule has 0 aromatic carbocycles. The normalized spacial score (nSPS) is 11.6. The summed E-state index contributed by atoms with van der Waals surface area (Å²) in [7, 11) is 15.3. The second kappa shape index (κ2) is 54.4. The first kappa shape index (κ1) is 69.3. The fraction of sp³-hybridized carbons (Fsp3) is 0.936. The molecule has 3 amide bonds. The number of ether oxygens (including phenoxy) is 1. The van der Waals surface area contributed by atoms with Gasteiger partial charge in [0, 0.05) is 32.7 Å². The van der Waals surface area contributed by atoms with Crippen LogP contribution in [-0.2, 0) is 19.1 Å². The molecular weight excluding hydrogens is 847 g/mol. The van der Waals surface area contributed by atoms with Crippen molar-refractivity contribution in [2.75, 3.05) is 159 Å². The van der Waals surface area contributed by atoms with Crippen LogP contribution in [0, 0.1) is 0 Å². The average molecular weight is 955 g/mol. The average Bonchev–Trinajstić information content (AvgIpc) is 3.25. The van der Waals surface area contributed by atoms with Gasteiger partial charge in [-0.05, 0) is 172 Å². The van der Waals surface area contributed by atoms with Gasteiger partial charge in [0.2, 0.25) is 17.7 Å². The molecule has 0 aliphatic rings. The van der Waals surface area contributed by atoms with E-state index in [0.717, 1.165) is 130 Å². The van der Waals surface area contributed by atoms with Gasteiger partial charge >= 0.3 is 0 Å². The monoisotopic (exact) mass is 954 g/mol. The molecule has 386 valence electrons. The van der Waals surface area contributed by atoms with Crippen LogP contribution in [0.25, 0.3) is 0 Å². The Morgan fingerprint density at radius 1 is 0.500 bits per heavy atom. The van der Waals surface area contributed by atoms with Crippen LogP contribution in [0.15, 0.2) is 0 Å². The van der Waals surface area contributed by atoms with Crippen LogP contribution in [0.3, 0.4) is 0 Å². The molecule has 0 bridgehead atoms. The summed E-state index contributed by atoms with van der Waals surface area (Å²) in [6.45, 7) is 15.6. The Labute approximate surface area is 403 Å². The predicted molar refractivity (Wildman–Crippen MR) is 283 cm³/mol. The highest BCUT2D eigenvalue weighted by Crippen LogP contribution is 2.20. The smallest absolute Gasteiger partial charge is 0.246 e. The van der Waals surface area contributed by atoms with E-state index in [9.17, 15) is 14.4 Å². The van der Waals surface area contributed by atoms with Crippen molar-refractivity contribution in [2.24, 2.45) is 11.5 Å². The summed E-state index contributed by atoms with van der Waals surface area (Å²) >= 11 is 0. The van der Waals surface area contributed by atoms with Gasteiger partial charge in [-0.1, -0.05) is 81.9 Å². The lowest BCUT2D eigenvalue weighted by molar-refractivity contribution is -0.128. The maximum absolute atomic E-state index is 12.4. The van der Waals surface area contributed by atoms with Crippen molar-refractivity contribution in [1.29, 1.82) is 0 Å². The molecular formula is C47H107N11O4S2. The first-order valence-corrected chi connectivity index (χ1v) is 26.6. The molecule has 0 saturated carbocycles. The number of nitrogens with one attached hydrogen (secondary N) is 5. The minimum atomic E-state index is -0.0634. The number of nitrogens with zero attached hydrogens (tertiary/aromatic N) is 4. The van der Waals surface area contributed by atoms with Crippen LogP contribution in [0.2, 0.25) is 0 Å². The van der Waals surface area contributed by atoms with E-state index in [0.29, 0.717) is 31.1 Å². The van der Waals surface area contributed by atoms with Crippen molar-refractivity contribution >= 4 is 39.3 Å². The Hall–Kier alpha value is -1.25. The Bertz CT molecular complexity index is 991. The summed E-state index contributed by atoms with van der Waals surface area (Å²) < 4.78 is 6.11. The zero-order valence-electron chi connectivity index (χ0n) is 41.0. The van der Waals surface area contributed by atoms with Gasteiger partial charge in [0.25, 0.3) is 0 Å². The Kier molecular flexibility index (Phi) is 58.9. The number of rotatable bonds is 45. The number of carbonyl (C=O) groups excluding carboxylic acids is 3. The minimum Gasteiger partial charge on any atom is -0.367 e. The van der Waals surface area contributed by atoms with Crippen molar-refractivity contribution in [3.8, 4) is 0 Å². The van der Waals surface area contributed by atoms with Gasteiger partial charge < -0.3 is 62.4 Å². The van der Waals surface area contributed by atoms with E-state index in [4.69, 9.17) is 16.2 Å². The fourth-order valence-electron chi connectivity index (χ4n) is 6.47. The largest absolute Gasteiger partial charge is 0.367 e. The second-order valence-electron chi connectivity index (χ2n) is 16.7. The minimum absolute atomic E-state index is 0. The Morgan fingerprint density at radius 2 is 0.891 bits per heavy atom. The summed E-state index contributed by atoms with van der Waals surface area (Å²) in [5.41, 5.74) is 10.9. The lowest BCUT2D eigenvalue weighted by Crippen LogP contribution is -2.38. The summed E-state index contributed by atoms with van der Waals surface area (Å²) in [4.78, 5) is 46.2. The molecule has 0 aromatic heterocycles. The molecule has 0 aliphatic heterocycles. The van der Waals surface area contributed by atoms with E-state index in [1.165, 1.54) is 73.0 Å². The van der Waals surface area contributed by atoms with Crippen LogP contribution in [0.4, 0.5) is 0 Å². The van der Waals surface area contributed by atoms with Crippen LogP contribution in [-0.4, -0.2) is 202 Å². The highest BCUT2D eigenvalue weighted by molar-refractivity contribution is 8.77. The van der Waals surface area contributed by atoms with E-state index in [1.54, 1.807) is 0 Å². The van der Waals surface area contributed by atoms with Crippen LogP contribution >= 0.6 is 21.6 Å². The molecule has 0 heterocycles. The maximum atomic E-state index is 12.4. The number of carbonyl (C=O) groups is 3. The predicted octanol–water partition coefficient (Wildman–Crippen LogP) is 4.71. The quantitative estimate of drug-likeness (QED) is 0.0329. The van der Waals surface area contributed by atoms with Crippen LogP contribution in [0.1, 0.15) is 125 Å². The third kappa shape index (κ3) is 53.4. The molecule has 1 atom stereocenters. The molecule has 64 heavy (non-hydrogen) atoms. The van der Waals surface area contributed by atoms with Gasteiger partial charge in [-0.2, -0.15) is 0 Å². The van der Waals surface area contributed by atoms with Crippen LogP contribution in [0.5, 0.6) is 0 Å². The molecule has 1 unspecified atom stereocenters.